The third-order valence-corrected chi connectivity index (χ3v) is 4.69. The first-order valence-corrected chi connectivity index (χ1v) is 9.15. The van der Waals surface area contributed by atoms with Crippen LogP contribution in [-0.4, -0.2) is 28.7 Å². The van der Waals surface area contributed by atoms with E-state index in [9.17, 15) is 14.4 Å². The Kier molecular flexibility index (Phi) is 4.83. The van der Waals surface area contributed by atoms with Crippen molar-refractivity contribution in [2.45, 2.75) is 13.0 Å². The summed E-state index contributed by atoms with van der Waals surface area (Å²) in [4.78, 5) is 38.7. The third-order valence-electron chi connectivity index (χ3n) is 4.69. The second-order valence-corrected chi connectivity index (χ2v) is 6.63. The van der Waals surface area contributed by atoms with Crippen LogP contribution in [-0.2, 0) is 4.79 Å². The second kappa shape index (κ2) is 7.59. The highest BCUT2D eigenvalue weighted by Crippen LogP contribution is 2.26. The zero-order valence-corrected chi connectivity index (χ0v) is 15.7. The molecule has 0 unspecified atom stereocenters. The van der Waals surface area contributed by atoms with Crippen LogP contribution < -0.4 is 10.1 Å². The molecule has 1 aliphatic heterocycles. The standard InChI is InChI=1S/C23H18N2O4/c1-15(25-22(27)19-9-5-6-10-20(19)23(25)28)21(26)24-16-11-13-18(14-12-16)29-17-7-3-2-4-8-17/h2-15H,1H3,(H,24,26)/t15-/m0/s1. The topological polar surface area (TPSA) is 75.7 Å². The molecule has 144 valence electrons. The van der Waals surface area contributed by atoms with Gasteiger partial charge in [0.2, 0.25) is 5.91 Å². The van der Waals surface area contributed by atoms with Gasteiger partial charge in [0.05, 0.1) is 11.1 Å². The lowest BCUT2D eigenvalue weighted by Gasteiger charge is -2.21. The number of amides is 3. The monoisotopic (exact) mass is 386 g/mol. The SMILES string of the molecule is C[C@@H](C(=O)Nc1ccc(Oc2ccccc2)cc1)N1C(=O)c2ccccc2C1=O. The molecule has 4 rings (SSSR count). The van der Waals surface area contributed by atoms with Gasteiger partial charge in [0, 0.05) is 5.69 Å². The lowest BCUT2D eigenvalue weighted by molar-refractivity contribution is -0.119. The van der Waals surface area contributed by atoms with E-state index in [4.69, 9.17) is 4.74 Å². The molecule has 0 aliphatic carbocycles. The number of nitrogens with one attached hydrogen (secondary N) is 1. The number of nitrogens with zero attached hydrogens (tertiary/aromatic N) is 1. The Morgan fingerprint density at radius 1 is 0.793 bits per heavy atom. The summed E-state index contributed by atoms with van der Waals surface area (Å²) in [5, 5.41) is 2.74. The van der Waals surface area contributed by atoms with E-state index < -0.39 is 23.8 Å². The number of ether oxygens (including phenoxy) is 1. The molecule has 0 saturated heterocycles. The van der Waals surface area contributed by atoms with Crippen LogP contribution in [0.2, 0.25) is 0 Å². The van der Waals surface area contributed by atoms with Crippen molar-refractivity contribution in [3.63, 3.8) is 0 Å². The smallest absolute Gasteiger partial charge is 0.262 e. The van der Waals surface area contributed by atoms with E-state index in [2.05, 4.69) is 5.32 Å². The third kappa shape index (κ3) is 3.60. The van der Waals surface area contributed by atoms with Gasteiger partial charge in [-0.05, 0) is 55.5 Å². The fourth-order valence-electron chi connectivity index (χ4n) is 3.15. The van der Waals surface area contributed by atoms with Crippen LogP contribution in [0.3, 0.4) is 0 Å². The minimum absolute atomic E-state index is 0.319. The van der Waals surface area contributed by atoms with Gasteiger partial charge in [-0.3, -0.25) is 19.3 Å². The number of para-hydroxylation sites is 1. The van der Waals surface area contributed by atoms with E-state index in [1.165, 1.54) is 6.92 Å². The summed E-state index contributed by atoms with van der Waals surface area (Å²) in [7, 11) is 0. The molecule has 0 radical (unpaired) electrons. The number of fused-ring (bicyclic) bond motifs is 1. The summed E-state index contributed by atoms with van der Waals surface area (Å²) in [5.74, 6) is -0.0259. The quantitative estimate of drug-likeness (QED) is 0.670. The fraction of sp³-hybridized carbons (Fsp3) is 0.0870. The molecule has 0 bridgehead atoms. The van der Waals surface area contributed by atoms with Crippen LogP contribution in [0.25, 0.3) is 0 Å². The normalized spacial score (nSPS) is 13.8. The summed E-state index contributed by atoms with van der Waals surface area (Å²) in [5.41, 5.74) is 1.18. The van der Waals surface area contributed by atoms with Gasteiger partial charge in [0.15, 0.2) is 0 Å². The highest BCUT2D eigenvalue weighted by molar-refractivity contribution is 6.23. The Morgan fingerprint density at radius 2 is 1.31 bits per heavy atom. The predicted octanol–water partition coefficient (Wildman–Crippen LogP) is 4.10. The highest BCUT2D eigenvalue weighted by Gasteiger charge is 2.40. The first-order chi connectivity index (χ1) is 14.0. The van der Waals surface area contributed by atoms with Gasteiger partial charge in [-0.15, -0.1) is 0 Å². The van der Waals surface area contributed by atoms with Crippen LogP contribution in [0.1, 0.15) is 27.6 Å². The molecule has 0 aromatic heterocycles. The van der Waals surface area contributed by atoms with Crippen molar-refractivity contribution in [3.05, 3.63) is 90.0 Å². The summed E-state index contributed by atoms with van der Waals surface area (Å²) in [6.45, 7) is 1.53. The van der Waals surface area contributed by atoms with Gasteiger partial charge in [-0.1, -0.05) is 30.3 Å². The Balaban J connectivity index is 1.43. The van der Waals surface area contributed by atoms with E-state index in [0.717, 1.165) is 4.90 Å². The molecule has 6 heteroatoms. The van der Waals surface area contributed by atoms with Crippen molar-refractivity contribution in [1.82, 2.24) is 4.90 Å². The van der Waals surface area contributed by atoms with E-state index >= 15 is 0 Å². The number of imide groups is 1. The van der Waals surface area contributed by atoms with E-state index in [1.54, 1.807) is 48.5 Å². The van der Waals surface area contributed by atoms with Crippen molar-refractivity contribution in [2.24, 2.45) is 0 Å². The van der Waals surface area contributed by atoms with Crippen LogP contribution >= 0.6 is 0 Å². The fourth-order valence-corrected chi connectivity index (χ4v) is 3.15. The molecular formula is C23H18N2O4. The zero-order chi connectivity index (χ0) is 20.4. The Hall–Kier alpha value is -3.93. The van der Waals surface area contributed by atoms with Crippen molar-refractivity contribution >= 4 is 23.4 Å². The van der Waals surface area contributed by atoms with Gasteiger partial charge in [0.1, 0.15) is 17.5 Å². The molecule has 1 aliphatic rings. The number of benzene rings is 3. The Labute approximate surface area is 167 Å². The largest absolute Gasteiger partial charge is 0.457 e. The maximum absolute atomic E-state index is 12.6. The first-order valence-electron chi connectivity index (χ1n) is 9.15. The second-order valence-electron chi connectivity index (χ2n) is 6.63. The number of hydrogen-bond donors (Lipinski definition) is 1. The lowest BCUT2D eigenvalue weighted by atomic mass is 10.1. The lowest BCUT2D eigenvalue weighted by Crippen LogP contribution is -2.45. The van der Waals surface area contributed by atoms with Crippen molar-refractivity contribution in [1.29, 1.82) is 0 Å². The predicted molar refractivity (Wildman–Crippen MR) is 108 cm³/mol. The molecule has 3 amide bonds. The zero-order valence-electron chi connectivity index (χ0n) is 15.7. The minimum atomic E-state index is -0.942. The van der Waals surface area contributed by atoms with Crippen molar-refractivity contribution in [2.75, 3.05) is 5.32 Å². The molecule has 3 aromatic carbocycles. The summed E-state index contributed by atoms with van der Waals surface area (Å²) < 4.78 is 5.72. The van der Waals surface area contributed by atoms with Crippen molar-refractivity contribution < 1.29 is 19.1 Å². The molecular weight excluding hydrogens is 368 g/mol. The van der Waals surface area contributed by atoms with E-state index in [-0.39, 0.29) is 0 Å². The molecule has 1 N–H and O–H groups in total. The molecule has 29 heavy (non-hydrogen) atoms. The molecule has 0 spiro atoms. The molecule has 0 fully saturated rings. The number of rotatable bonds is 5. The highest BCUT2D eigenvalue weighted by atomic mass is 16.5. The van der Waals surface area contributed by atoms with Gasteiger partial charge in [-0.2, -0.15) is 0 Å². The van der Waals surface area contributed by atoms with Gasteiger partial charge in [0.25, 0.3) is 11.8 Å². The molecule has 1 heterocycles. The van der Waals surface area contributed by atoms with Crippen LogP contribution in [0.5, 0.6) is 11.5 Å². The molecule has 0 saturated carbocycles. The first kappa shape index (κ1) is 18.4. The molecule has 6 nitrogen and oxygen atoms in total. The van der Waals surface area contributed by atoms with Crippen LogP contribution in [0.15, 0.2) is 78.9 Å². The minimum Gasteiger partial charge on any atom is -0.457 e. The average Bonchev–Trinajstić information content (AvgIpc) is 3.00. The average molecular weight is 386 g/mol. The maximum Gasteiger partial charge on any atom is 0.262 e. The number of carbonyl (C=O) groups excluding carboxylic acids is 3. The Bertz CT molecular complexity index is 1040. The van der Waals surface area contributed by atoms with E-state index in [0.29, 0.717) is 28.3 Å². The molecule has 1 atom stereocenters. The van der Waals surface area contributed by atoms with Crippen molar-refractivity contribution in [3.8, 4) is 11.5 Å². The summed E-state index contributed by atoms with van der Waals surface area (Å²) in [6, 6.07) is 21.8. The Morgan fingerprint density at radius 3 is 1.90 bits per heavy atom. The van der Waals surface area contributed by atoms with E-state index in [1.807, 2.05) is 30.3 Å². The number of carbonyl (C=O) groups is 3. The summed E-state index contributed by atoms with van der Waals surface area (Å²) in [6.07, 6.45) is 0. The van der Waals surface area contributed by atoms with Gasteiger partial charge < -0.3 is 10.1 Å². The van der Waals surface area contributed by atoms with Gasteiger partial charge >= 0.3 is 0 Å². The van der Waals surface area contributed by atoms with Crippen LogP contribution in [0, 0.1) is 0 Å². The van der Waals surface area contributed by atoms with Crippen LogP contribution in [0.4, 0.5) is 5.69 Å². The number of hydrogen-bond acceptors (Lipinski definition) is 4. The number of anilines is 1. The summed E-state index contributed by atoms with van der Waals surface area (Å²) >= 11 is 0. The maximum atomic E-state index is 12.6. The van der Waals surface area contributed by atoms with Gasteiger partial charge in [-0.25, -0.2) is 0 Å². The molecule has 3 aromatic rings.